The van der Waals surface area contributed by atoms with Crippen LogP contribution < -0.4 is 15.5 Å². The zero-order valence-electron chi connectivity index (χ0n) is 15.8. The van der Waals surface area contributed by atoms with Crippen LogP contribution in [0.1, 0.15) is 15.9 Å². The Bertz CT molecular complexity index is 1150. The minimum Gasteiger partial charge on any atom is -0.422 e. The molecular weight excluding hydrogens is 530 g/mol. The molecule has 0 aliphatic heterocycles. The number of carbonyl (C=O) groups excluding carboxylic acids is 3. The third-order valence-electron chi connectivity index (χ3n) is 3.89. The van der Waals surface area contributed by atoms with E-state index in [1.165, 1.54) is 6.21 Å². The average molecular weight is 545 g/mol. The Kier molecular flexibility index (Phi) is 7.69. The van der Waals surface area contributed by atoms with Gasteiger partial charge in [-0.05, 0) is 64.5 Å². The van der Waals surface area contributed by atoms with E-state index in [0.29, 0.717) is 21.3 Å². The van der Waals surface area contributed by atoms with Gasteiger partial charge in [-0.1, -0.05) is 40.2 Å². The highest BCUT2D eigenvalue weighted by Crippen LogP contribution is 2.21. The molecule has 0 fully saturated rings. The molecule has 156 valence electrons. The van der Waals surface area contributed by atoms with E-state index in [9.17, 15) is 14.4 Å². The standard InChI is InChI=1S/C22H15Br2N3O4/c23-15-9-11-16(12-10-15)26-20(28)21(29)27-25-13-14-5-1-4-8-19(14)31-22(30)17-6-2-3-7-18(17)24/h1-13H,(H,26,28)(H,27,29). The zero-order valence-corrected chi connectivity index (χ0v) is 19.0. The Morgan fingerprint density at radius 1 is 0.839 bits per heavy atom. The molecule has 0 spiro atoms. The number of hydrogen-bond donors (Lipinski definition) is 2. The van der Waals surface area contributed by atoms with Gasteiger partial charge in [-0.2, -0.15) is 5.10 Å². The summed E-state index contributed by atoms with van der Waals surface area (Å²) in [5.74, 6) is -2.11. The summed E-state index contributed by atoms with van der Waals surface area (Å²) in [6, 6.07) is 20.3. The lowest BCUT2D eigenvalue weighted by Crippen LogP contribution is -2.32. The molecule has 2 N–H and O–H groups in total. The number of esters is 1. The molecule has 7 nitrogen and oxygen atoms in total. The summed E-state index contributed by atoms with van der Waals surface area (Å²) in [4.78, 5) is 36.3. The number of ether oxygens (including phenoxy) is 1. The SMILES string of the molecule is O=C(NN=Cc1ccccc1OC(=O)c1ccccc1Br)C(=O)Nc1ccc(Br)cc1. The van der Waals surface area contributed by atoms with E-state index in [-0.39, 0.29) is 5.75 Å². The molecule has 2 amide bonds. The molecule has 3 aromatic rings. The van der Waals surface area contributed by atoms with Crippen LogP contribution in [0.2, 0.25) is 0 Å². The van der Waals surface area contributed by atoms with Gasteiger partial charge >= 0.3 is 17.8 Å². The van der Waals surface area contributed by atoms with Gasteiger partial charge in [0.15, 0.2) is 0 Å². The van der Waals surface area contributed by atoms with Gasteiger partial charge in [0.1, 0.15) is 5.75 Å². The largest absolute Gasteiger partial charge is 0.422 e. The molecule has 0 bridgehead atoms. The van der Waals surface area contributed by atoms with Crippen LogP contribution in [0.4, 0.5) is 5.69 Å². The smallest absolute Gasteiger partial charge is 0.344 e. The van der Waals surface area contributed by atoms with Gasteiger partial charge in [0.25, 0.3) is 0 Å². The summed E-state index contributed by atoms with van der Waals surface area (Å²) in [7, 11) is 0. The van der Waals surface area contributed by atoms with Crippen molar-refractivity contribution in [2.45, 2.75) is 0 Å². The molecule has 31 heavy (non-hydrogen) atoms. The Labute approximate surface area is 194 Å². The number of anilines is 1. The van der Waals surface area contributed by atoms with Crippen LogP contribution in [0.3, 0.4) is 0 Å². The van der Waals surface area contributed by atoms with Crippen molar-refractivity contribution in [2.75, 3.05) is 5.32 Å². The van der Waals surface area contributed by atoms with E-state index in [0.717, 1.165) is 4.47 Å². The lowest BCUT2D eigenvalue weighted by molar-refractivity contribution is -0.136. The maximum atomic E-state index is 12.4. The van der Waals surface area contributed by atoms with Crippen LogP contribution in [-0.2, 0) is 9.59 Å². The van der Waals surface area contributed by atoms with Crippen molar-refractivity contribution in [1.29, 1.82) is 0 Å². The van der Waals surface area contributed by atoms with Crippen molar-refractivity contribution in [2.24, 2.45) is 5.10 Å². The molecule has 0 aliphatic carbocycles. The molecule has 9 heteroatoms. The molecule has 0 aromatic heterocycles. The molecule has 0 atom stereocenters. The number of benzene rings is 3. The number of hydrogen-bond acceptors (Lipinski definition) is 5. The van der Waals surface area contributed by atoms with Crippen molar-refractivity contribution in [1.82, 2.24) is 5.43 Å². The number of carbonyl (C=O) groups is 3. The number of hydrazone groups is 1. The second kappa shape index (κ2) is 10.6. The van der Waals surface area contributed by atoms with Crippen molar-refractivity contribution in [3.8, 4) is 5.75 Å². The van der Waals surface area contributed by atoms with Crippen molar-refractivity contribution in [3.05, 3.63) is 92.9 Å². The summed E-state index contributed by atoms with van der Waals surface area (Å²) in [5.41, 5.74) is 3.42. The van der Waals surface area contributed by atoms with Gasteiger partial charge in [0.05, 0.1) is 11.8 Å². The van der Waals surface area contributed by atoms with E-state index in [1.807, 2.05) is 0 Å². The molecule has 0 saturated heterocycles. The predicted molar refractivity (Wildman–Crippen MR) is 124 cm³/mol. The minimum absolute atomic E-state index is 0.251. The maximum absolute atomic E-state index is 12.4. The van der Waals surface area contributed by atoms with Crippen LogP contribution in [0.25, 0.3) is 0 Å². The minimum atomic E-state index is -0.943. The van der Waals surface area contributed by atoms with E-state index in [4.69, 9.17) is 4.74 Å². The topological polar surface area (TPSA) is 96.9 Å². The Morgan fingerprint density at radius 2 is 1.52 bits per heavy atom. The zero-order chi connectivity index (χ0) is 22.2. The maximum Gasteiger partial charge on any atom is 0.344 e. The second-order valence-electron chi connectivity index (χ2n) is 6.07. The first-order valence-electron chi connectivity index (χ1n) is 8.90. The van der Waals surface area contributed by atoms with Gasteiger partial charge in [0.2, 0.25) is 0 Å². The number of rotatable bonds is 5. The first kappa shape index (κ1) is 22.4. The summed E-state index contributed by atoms with van der Waals surface area (Å²) in [6.45, 7) is 0. The van der Waals surface area contributed by atoms with Gasteiger partial charge in [-0.25, -0.2) is 10.2 Å². The fraction of sp³-hybridized carbons (Fsp3) is 0. The third kappa shape index (κ3) is 6.34. The Hall–Kier alpha value is -3.30. The molecule has 3 rings (SSSR count). The predicted octanol–water partition coefficient (Wildman–Crippen LogP) is 4.52. The highest BCUT2D eigenvalue weighted by molar-refractivity contribution is 9.10. The van der Waals surface area contributed by atoms with E-state index in [1.54, 1.807) is 72.8 Å². The van der Waals surface area contributed by atoms with Crippen LogP contribution in [-0.4, -0.2) is 24.0 Å². The van der Waals surface area contributed by atoms with Crippen LogP contribution >= 0.6 is 31.9 Å². The van der Waals surface area contributed by atoms with E-state index >= 15 is 0 Å². The van der Waals surface area contributed by atoms with Gasteiger partial charge < -0.3 is 10.1 Å². The lowest BCUT2D eigenvalue weighted by atomic mass is 10.2. The van der Waals surface area contributed by atoms with E-state index < -0.39 is 17.8 Å². The van der Waals surface area contributed by atoms with Crippen LogP contribution in [0.15, 0.2) is 86.8 Å². The summed E-state index contributed by atoms with van der Waals surface area (Å²) < 4.78 is 6.90. The number of para-hydroxylation sites is 1. The molecule has 0 saturated carbocycles. The number of amides is 2. The van der Waals surface area contributed by atoms with Gasteiger partial charge in [0, 0.05) is 20.2 Å². The van der Waals surface area contributed by atoms with Crippen LogP contribution in [0, 0.1) is 0 Å². The van der Waals surface area contributed by atoms with Crippen molar-refractivity contribution >= 4 is 61.5 Å². The van der Waals surface area contributed by atoms with Crippen molar-refractivity contribution < 1.29 is 19.1 Å². The molecule has 3 aromatic carbocycles. The van der Waals surface area contributed by atoms with Crippen molar-refractivity contribution in [3.63, 3.8) is 0 Å². The molecule has 0 aliphatic rings. The molecule has 0 radical (unpaired) electrons. The highest BCUT2D eigenvalue weighted by Gasteiger charge is 2.15. The fourth-order valence-electron chi connectivity index (χ4n) is 2.39. The summed E-state index contributed by atoms with van der Waals surface area (Å²) in [5, 5.41) is 6.24. The van der Waals surface area contributed by atoms with Gasteiger partial charge in [-0.3, -0.25) is 9.59 Å². The highest BCUT2D eigenvalue weighted by atomic mass is 79.9. The first-order chi connectivity index (χ1) is 14.9. The first-order valence-corrected chi connectivity index (χ1v) is 10.5. The normalized spacial score (nSPS) is 10.5. The number of halogens is 2. The third-order valence-corrected chi connectivity index (χ3v) is 5.11. The molecular formula is C22H15Br2N3O4. The van der Waals surface area contributed by atoms with Gasteiger partial charge in [-0.15, -0.1) is 0 Å². The average Bonchev–Trinajstić information content (AvgIpc) is 2.76. The summed E-state index contributed by atoms with van der Waals surface area (Å²) in [6.07, 6.45) is 1.29. The Balaban J connectivity index is 1.63. The van der Waals surface area contributed by atoms with E-state index in [2.05, 4.69) is 47.7 Å². The molecule has 0 heterocycles. The quantitative estimate of drug-likeness (QED) is 0.162. The molecule has 0 unspecified atom stereocenters. The second-order valence-corrected chi connectivity index (χ2v) is 7.84. The monoisotopic (exact) mass is 543 g/mol. The number of nitrogens with one attached hydrogen (secondary N) is 2. The Morgan fingerprint density at radius 3 is 2.26 bits per heavy atom. The fourth-order valence-corrected chi connectivity index (χ4v) is 3.11. The number of nitrogens with zero attached hydrogens (tertiary/aromatic N) is 1. The lowest BCUT2D eigenvalue weighted by Gasteiger charge is -2.08. The summed E-state index contributed by atoms with van der Waals surface area (Å²) >= 11 is 6.60. The van der Waals surface area contributed by atoms with Crippen LogP contribution in [0.5, 0.6) is 5.75 Å².